The first-order valence-electron chi connectivity index (χ1n) is 3.10. The van der Waals surface area contributed by atoms with Crippen LogP contribution in [0.1, 0.15) is 0 Å². The summed E-state index contributed by atoms with van der Waals surface area (Å²) in [5.41, 5.74) is 0. The van der Waals surface area contributed by atoms with Crippen LogP contribution >= 0.6 is 23.0 Å². The molecule has 0 aliphatic carbocycles. The Hall–Kier alpha value is 0.530. The van der Waals surface area contributed by atoms with Crippen molar-refractivity contribution in [1.29, 1.82) is 0 Å². The molecule has 0 spiro atoms. The maximum absolute atomic E-state index is 9.14. The third-order valence-corrected chi connectivity index (χ3v) is 2.09. The zero-order valence-corrected chi connectivity index (χ0v) is 7.71. The van der Waals surface area contributed by atoms with E-state index in [-0.39, 0.29) is 6.61 Å². The Morgan fingerprint density at radius 2 is 2.00 bits per heavy atom. The molecular formula is C5H9IO5. The van der Waals surface area contributed by atoms with E-state index in [2.05, 4.69) is 3.07 Å². The van der Waals surface area contributed by atoms with Gasteiger partial charge in [0.05, 0.1) is 6.61 Å². The van der Waals surface area contributed by atoms with Gasteiger partial charge in [-0.1, -0.05) is 0 Å². The van der Waals surface area contributed by atoms with Crippen LogP contribution in [0.4, 0.5) is 0 Å². The van der Waals surface area contributed by atoms with Crippen LogP contribution in [-0.2, 0) is 7.80 Å². The van der Waals surface area contributed by atoms with E-state index in [1.807, 2.05) is 0 Å². The lowest BCUT2D eigenvalue weighted by atomic mass is 10.1. The quantitative estimate of drug-likeness (QED) is 0.552. The molecule has 5 nitrogen and oxygen atoms in total. The number of aliphatic hydroxyl groups is 3. The maximum Gasteiger partial charge on any atom is 0.197 e. The highest BCUT2D eigenvalue weighted by Crippen LogP contribution is 2.23. The minimum absolute atomic E-state index is 0.325. The number of hydrogen-bond donors (Lipinski definition) is 3. The molecule has 1 rings (SSSR count). The van der Waals surface area contributed by atoms with E-state index in [0.717, 1.165) is 0 Å². The first kappa shape index (κ1) is 9.62. The molecule has 1 aliphatic heterocycles. The molecular weight excluding hydrogens is 267 g/mol. The molecule has 0 amide bonds. The minimum atomic E-state index is -1.08. The summed E-state index contributed by atoms with van der Waals surface area (Å²) in [7, 11) is 0. The van der Waals surface area contributed by atoms with Crippen LogP contribution in [0.15, 0.2) is 0 Å². The Morgan fingerprint density at radius 1 is 1.36 bits per heavy atom. The Balaban J connectivity index is 2.53. The van der Waals surface area contributed by atoms with E-state index in [9.17, 15) is 0 Å². The van der Waals surface area contributed by atoms with E-state index in [4.69, 9.17) is 20.1 Å². The highest BCUT2D eigenvalue weighted by atomic mass is 127. The molecule has 0 bridgehead atoms. The molecule has 11 heavy (non-hydrogen) atoms. The number of ether oxygens (including phenoxy) is 1. The predicted octanol–water partition coefficient (Wildman–Crippen LogP) is -1.21. The molecule has 0 aromatic carbocycles. The topological polar surface area (TPSA) is 79.2 Å². The second-order valence-electron chi connectivity index (χ2n) is 2.30. The number of aliphatic hydroxyl groups excluding tert-OH is 3. The van der Waals surface area contributed by atoms with Gasteiger partial charge in [-0.3, -0.25) is 3.07 Å². The van der Waals surface area contributed by atoms with Crippen LogP contribution in [0.3, 0.4) is 0 Å². The van der Waals surface area contributed by atoms with Gasteiger partial charge in [-0.2, -0.15) is 0 Å². The molecule has 0 radical (unpaired) electrons. The molecule has 1 fully saturated rings. The van der Waals surface area contributed by atoms with Crippen molar-refractivity contribution in [3.8, 4) is 0 Å². The van der Waals surface area contributed by atoms with Gasteiger partial charge in [-0.25, -0.2) is 0 Å². The van der Waals surface area contributed by atoms with Gasteiger partial charge in [0.15, 0.2) is 6.29 Å². The van der Waals surface area contributed by atoms with Crippen LogP contribution in [0.5, 0.6) is 0 Å². The highest BCUT2D eigenvalue weighted by molar-refractivity contribution is 14.1. The SMILES string of the molecule is OC[C@H]1OC(OI)[C@H](O)[C@@H]1O. The van der Waals surface area contributed by atoms with Gasteiger partial charge in [-0.05, 0) is 0 Å². The second kappa shape index (κ2) is 3.97. The Morgan fingerprint density at radius 3 is 2.27 bits per heavy atom. The maximum atomic E-state index is 9.14. The average Bonchev–Trinajstić information content (AvgIpc) is 2.30. The van der Waals surface area contributed by atoms with Gasteiger partial charge in [0.2, 0.25) is 0 Å². The van der Waals surface area contributed by atoms with Crippen molar-refractivity contribution in [2.24, 2.45) is 0 Å². The fourth-order valence-electron chi connectivity index (χ4n) is 0.939. The van der Waals surface area contributed by atoms with Crippen molar-refractivity contribution in [3.63, 3.8) is 0 Å². The molecule has 1 aliphatic rings. The predicted molar refractivity (Wildman–Crippen MR) is 42.9 cm³/mol. The van der Waals surface area contributed by atoms with Gasteiger partial charge in [0, 0.05) is 0 Å². The molecule has 6 heteroatoms. The summed E-state index contributed by atoms with van der Waals surface area (Å²) in [5, 5.41) is 26.9. The molecule has 1 heterocycles. The van der Waals surface area contributed by atoms with Crippen LogP contribution in [0, 0.1) is 0 Å². The first-order valence-corrected chi connectivity index (χ1v) is 3.98. The van der Waals surface area contributed by atoms with Gasteiger partial charge < -0.3 is 20.1 Å². The lowest BCUT2D eigenvalue weighted by Crippen LogP contribution is -2.33. The Bertz CT molecular complexity index is 114. The molecule has 66 valence electrons. The lowest BCUT2D eigenvalue weighted by molar-refractivity contribution is -0.0960. The van der Waals surface area contributed by atoms with Crippen molar-refractivity contribution >= 4 is 23.0 Å². The largest absolute Gasteiger partial charge is 0.394 e. The molecule has 0 aromatic rings. The van der Waals surface area contributed by atoms with Gasteiger partial charge in [0.1, 0.15) is 41.3 Å². The smallest absolute Gasteiger partial charge is 0.197 e. The van der Waals surface area contributed by atoms with Crippen molar-refractivity contribution in [3.05, 3.63) is 0 Å². The molecule has 0 aromatic heterocycles. The monoisotopic (exact) mass is 276 g/mol. The molecule has 3 N–H and O–H groups in total. The molecule has 0 saturated carbocycles. The summed E-state index contributed by atoms with van der Waals surface area (Å²) < 4.78 is 9.56. The summed E-state index contributed by atoms with van der Waals surface area (Å²) in [5.74, 6) is 0. The van der Waals surface area contributed by atoms with Crippen molar-refractivity contribution < 1.29 is 23.1 Å². The van der Waals surface area contributed by atoms with Gasteiger partial charge in [-0.15, -0.1) is 0 Å². The average molecular weight is 276 g/mol. The third kappa shape index (κ3) is 1.82. The van der Waals surface area contributed by atoms with E-state index in [0.29, 0.717) is 0 Å². The van der Waals surface area contributed by atoms with E-state index in [1.54, 1.807) is 23.0 Å². The Labute approximate surface area is 77.6 Å². The lowest BCUT2D eigenvalue weighted by Gasteiger charge is -2.10. The fraction of sp³-hybridized carbons (Fsp3) is 1.00. The van der Waals surface area contributed by atoms with Crippen LogP contribution < -0.4 is 0 Å². The van der Waals surface area contributed by atoms with E-state index >= 15 is 0 Å². The summed E-state index contributed by atoms with van der Waals surface area (Å²) in [6.45, 7) is -0.325. The molecule has 1 unspecified atom stereocenters. The number of rotatable bonds is 2. The fourth-order valence-corrected chi connectivity index (χ4v) is 1.36. The zero-order chi connectivity index (χ0) is 8.43. The van der Waals surface area contributed by atoms with Crippen LogP contribution in [-0.4, -0.2) is 46.5 Å². The standard InChI is InChI=1S/C5H9IO5/c6-11-5-4(9)3(8)2(1-7)10-5/h2-5,7-9H,1H2/t2-,3-,4-,5?/m1/s1. The summed E-state index contributed by atoms with van der Waals surface area (Å²) >= 11 is 1.56. The van der Waals surface area contributed by atoms with Crippen molar-refractivity contribution in [2.75, 3.05) is 6.61 Å². The minimum Gasteiger partial charge on any atom is -0.394 e. The van der Waals surface area contributed by atoms with Gasteiger partial charge >= 0.3 is 0 Å². The second-order valence-corrected chi connectivity index (χ2v) is 2.80. The molecule has 4 atom stereocenters. The van der Waals surface area contributed by atoms with Gasteiger partial charge in [0.25, 0.3) is 0 Å². The van der Waals surface area contributed by atoms with Crippen molar-refractivity contribution in [2.45, 2.75) is 24.6 Å². The normalized spacial score (nSPS) is 44.7. The summed E-state index contributed by atoms with van der Waals surface area (Å²) in [6, 6.07) is 0. The summed E-state index contributed by atoms with van der Waals surface area (Å²) in [4.78, 5) is 0. The highest BCUT2D eigenvalue weighted by Gasteiger charge is 2.42. The van der Waals surface area contributed by atoms with E-state index < -0.39 is 24.6 Å². The van der Waals surface area contributed by atoms with Crippen LogP contribution in [0.25, 0.3) is 0 Å². The van der Waals surface area contributed by atoms with Crippen molar-refractivity contribution in [1.82, 2.24) is 0 Å². The zero-order valence-electron chi connectivity index (χ0n) is 5.55. The number of halogens is 1. The van der Waals surface area contributed by atoms with E-state index in [1.165, 1.54) is 0 Å². The first-order chi connectivity index (χ1) is 5.20. The third-order valence-electron chi connectivity index (χ3n) is 1.59. The Kier molecular flexibility index (Phi) is 3.47. The number of hydrogen-bond acceptors (Lipinski definition) is 5. The summed E-state index contributed by atoms with van der Waals surface area (Å²) in [6.07, 6.45) is -3.74. The molecule has 1 saturated heterocycles. The van der Waals surface area contributed by atoms with Crippen LogP contribution in [0.2, 0.25) is 0 Å².